The fourth-order valence-electron chi connectivity index (χ4n) is 3.80. The molecule has 3 aromatic rings. The van der Waals surface area contributed by atoms with Gasteiger partial charge in [-0.1, -0.05) is 0 Å². The number of aromatic amines is 1. The van der Waals surface area contributed by atoms with E-state index in [0.717, 1.165) is 34.3 Å². The summed E-state index contributed by atoms with van der Waals surface area (Å²) >= 11 is 0. The molecule has 27 heavy (non-hydrogen) atoms. The van der Waals surface area contributed by atoms with Crippen molar-refractivity contribution in [2.24, 2.45) is 7.05 Å². The van der Waals surface area contributed by atoms with E-state index in [1.165, 1.54) is 0 Å². The SMILES string of the molecule is CNCc1cc2cc3c(cc2n1C)CCc1c-3[nH]c(=O)c(OC(=O)O)c1O. The summed E-state index contributed by atoms with van der Waals surface area (Å²) in [6.45, 7) is 0.736. The fraction of sp³-hybridized carbons (Fsp3) is 0.263. The smallest absolute Gasteiger partial charge is 0.504 e. The Balaban J connectivity index is 1.92. The molecule has 0 aliphatic heterocycles. The largest absolute Gasteiger partial charge is 0.511 e. The van der Waals surface area contributed by atoms with E-state index in [1.54, 1.807) is 0 Å². The van der Waals surface area contributed by atoms with Crippen molar-refractivity contribution in [3.63, 3.8) is 0 Å². The lowest BCUT2D eigenvalue weighted by molar-refractivity contribution is 0.142. The second kappa shape index (κ2) is 6.17. The summed E-state index contributed by atoms with van der Waals surface area (Å²) in [6.07, 6.45) is -0.507. The summed E-state index contributed by atoms with van der Waals surface area (Å²) in [6, 6.07) is 6.18. The fourth-order valence-corrected chi connectivity index (χ4v) is 3.80. The van der Waals surface area contributed by atoms with Gasteiger partial charge in [0.25, 0.3) is 5.56 Å². The van der Waals surface area contributed by atoms with E-state index in [9.17, 15) is 14.7 Å². The molecule has 140 valence electrons. The van der Waals surface area contributed by atoms with Crippen molar-refractivity contribution in [1.29, 1.82) is 0 Å². The number of fused-ring (bicyclic) bond motifs is 4. The first-order valence-electron chi connectivity index (χ1n) is 8.55. The minimum atomic E-state index is -1.64. The van der Waals surface area contributed by atoms with Crippen molar-refractivity contribution in [3.05, 3.63) is 45.4 Å². The summed E-state index contributed by atoms with van der Waals surface area (Å²) < 4.78 is 6.59. The highest BCUT2D eigenvalue weighted by atomic mass is 16.7. The number of benzene rings is 1. The van der Waals surface area contributed by atoms with Crippen LogP contribution in [0.25, 0.3) is 22.2 Å². The molecule has 2 aromatic heterocycles. The highest BCUT2D eigenvalue weighted by Crippen LogP contribution is 2.40. The van der Waals surface area contributed by atoms with Gasteiger partial charge in [-0.25, -0.2) is 4.79 Å². The van der Waals surface area contributed by atoms with Crippen LogP contribution < -0.4 is 15.6 Å². The molecule has 0 atom stereocenters. The number of rotatable bonds is 3. The molecule has 8 nitrogen and oxygen atoms in total. The zero-order chi connectivity index (χ0) is 19.3. The highest BCUT2D eigenvalue weighted by Gasteiger charge is 2.26. The molecule has 8 heteroatoms. The summed E-state index contributed by atoms with van der Waals surface area (Å²) in [4.78, 5) is 25.7. The number of nitrogens with zero attached hydrogens (tertiary/aromatic N) is 1. The normalized spacial score (nSPS) is 12.7. The number of aryl methyl sites for hydroxylation is 2. The van der Waals surface area contributed by atoms with Crippen molar-refractivity contribution in [1.82, 2.24) is 14.9 Å². The average molecular weight is 369 g/mol. The lowest BCUT2D eigenvalue weighted by atomic mass is 9.87. The molecule has 0 saturated carbocycles. The van der Waals surface area contributed by atoms with Crippen molar-refractivity contribution in [2.75, 3.05) is 7.05 Å². The first-order chi connectivity index (χ1) is 12.9. The number of hydrogen-bond acceptors (Lipinski definition) is 5. The first-order valence-corrected chi connectivity index (χ1v) is 8.55. The van der Waals surface area contributed by atoms with Gasteiger partial charge in [0.05, 0.1) is 5.69 Å². The molecule has 0 fully saturated rings. The molecule has 0 radical (unpaired) electrons. The van der Waals surface area contributed by atoms with Gasteiger partial charge in [-0.05, 0) is 43.7 Å². The van der Waals surface area contributed by atoms with Gasteiger partial charge in [0.1, 0.15) is 0 Å². The Morgan fingerprint density at radius 3 is 2.81 bits per heavy atom. The van der Waals surface area contributed by atoms with Gasteiger partial charge in [-0.3, -0.25) is 4.79 Å². The minimum absolute atomic E-state index is 0.411. The van der Waals surface area contributed by atoms with E-state index in [2.05, 4.69) is 31.7 Å². The number of pyridine rings is 1. The minimum Gasteiger partial charge on any atom is -0.504 e. The molecule has 1 aliphatic carbocycles. The van der Waals surface area contributed by atoms with Crippen LogP contribution in [0.5, 0.6) is 11.5 Å². The van der Waals surface area contributed by atoms with Gasteiger partial charge in [-0.2, -0.15) is 0 Å². The highest BCUT2D eigenvalue weighted by molar-refractivity contribution is 5.89. The van der Waals surface area contributed by atoms with E-state index in [0.29, 0.717) is 24.1 Å². The lowest BCUT2D eigenvalue weighted by Crippen LogP contribution is -2.19. The number of ether oxygens (including phenoxy) is 1. The van der Waals surface area contributed by atoms with E-state index in [1.807, 2.05) is 20.2 Å². The van der Waals surface area contributed by atoms with Crippen molar-refractivity contribution in [3.8, 4) is 22.8 Å². The van der Waals surface area contributed by atoms with Crippen LogP contribution in [0.15, 0.2) is 23.0 Å². The van der Waals surface area contributed by atoms with Crippen molar-refractivity contribution in [2.45, 2.75) is 19.4 Å². The summed E-state index contributed by atoms with van der Waals surface area (Å²) in [7, 11) is 3.91. The Morgan fingerprint density at radius 2 is 2.11 bits per heavy atom. The zero-order valence-corrected chi connectivity index (χ0v) is 14.9. The van der Waals surface area contributed by atoms with Crippen LogP contribution in [-0.2, 0) is 26.4 Å². The Labute approximate surface area is 154 Å². The number of nitrogens with one attached hydrogen (secondary N) is 2. The number of H-pyrrole nitrogens is 1. The van der Waals surface area contributed by atoms with Crippen LogP contribution >= 0.6 is 0 Å². The van der Waals surface area contributed by atoms with Gasteiger partial charge < -0.3 is 29.8 Å². The van der Waals surface area contributed by atoms with E-state index in [4.69, 9.17) is 5.11 Å². The van der Waals surface area contributed by atoms with Crippen LogP contribution in [0.4, 0.5) is 4.79 Å². The number of hydrogen-bond donors (Lipinski definition) is 4. The summed E-state index contributed by atoms with van der Waals surface area (Å²) in [5, 5.41) is 23.3. The molecule has 4 rings (SSSR count). The third-order valence-electron chi connectivity index (χ3n) is 5.08. The molecule has 0 saturated heterocycles. The predicted octanol–water partition coefficient (Wildman–Crippen LogP) is 2.11. The topological polar surface area (TPSA) is 117 Å². The maximum Gasteiger partial charge on any atom is 0.511 e. The monoisotopic (exact) mass is 369 g/mol. The van der Waals surface area contributed by atoms with Crippen LogP contribution in [0.3, 0.4) is 0 Å². The molecule has 1 aromatic carbocycles. The number of aromatic nitrogens is 2. The van der Waals surface area contributed by atoms with Crippen molar-refractivity contribution >= 4 is 17.1 Å². The molecule has 0 unspecified atom stereocenters. The van der Waals surface area contributed by atoms with Gasteiger partial charge in [-0.15, -0.1) is 0 Å². The third-order valence-corrected chi connectivity index (χ3v) is 5.08. The Kier molecular flexibility index (Phi) is 3.92. The molecular weight excluding hydrogens is 350 g/mol. The zero-order valence-electron chi connectivity index (χ0n) is 14.9. The quantitative estimate of drug-likeness (QED) is 0.526. The van der Waals surface area contributed by atoms with E-state index >= 15 is 0 Å². The van der Waals surface area contributed by atoms with E-state index in [-0.39, 0.29) is 0 Å². The van der Waals surface area contributed by atoms with Gasteiger partial charge in [0.2, 0.25) is 5.75 Å². The molecular formula is C19H19N3O5. The third kappa shape index (κ3) is 2.65. The van der Waals surface area contributed by atoms with E-state index < -0.39 is 23.2 Å². The predicted molar refractivity (Wildman–Crippen MR) is 99.5 cm³/mol. The number of carboxylic acid groups (broad SMARTS) is 1. The summed E-state index contributed by atoms with van der Waals surface area (Å²) in [5.74, 6) is -0.993. The Bertz CT molecular complexity index is 1140. The first kappa shape index (κ1) is 17.2. The maximum absolute atomic E-state index is 12.2. The van der Waals surface area contributed by atoms with Gasteiger partial charge >= 0.3 is 6.16 Å². The molecule has 0 spiro atoms. The molecule has 1 aliphatic rings. The second-order valence-corrected chi connectivity index (χ2v) is 6.65. The van der Waals surface area contributed by atoms with Crippen molar-refractivity contribution < 1.29 is 19.7 Å². The van der Waals surface area contributed by atoms with Gasteiger partial charge in [0, 0.05) is 41.3 Å². The Hall–Kier alpha value is -3.26. The van der Waals surface area contributed by atoms with Crippen LogP contribution in [0.1, 0.15) is 16.8 Å². The standard InChI is InChI=1S/C19H19N3O5/c1-20-8-11-5-10-6-13-9(7-14(10)22(11)2)3-4-12-15(13)21-18(24)17(16(12)23)27-19(25)26/h5-7,20H,3-4,8H2,1-2H3,(H,25,26)(H2,21,23,24). The number of aromatic hydroxyl groups is 1. The van der Waals surface area contributed by atoms with Crippen LogP contribution in [0, 0.1) is 0 Å². The molecule has 0 bridgehead atoms. The summed E-state index contributed by atoms with van der Waals surface area (Å²) in [5.41, 5.74) is 4.36. The molecule has 0 amide bonds. The van der Waals surface area contributed by atoms with Crippen LogP contribution in [-0.4, -0.2) is 33.0 Å². The maximum atomic E-state index is 12.2. The number of carbonyl (C=O) groups is 1. The second-order valence-electron chi connectivity index (χ2n) is 6.65. The average Bonchev–Trinajstić information content (AvgIpc) is 2.92. The van der Waals surface area contributed by atoms with Crippen LogP contribution in [0.2, 0.25) is 0 Å². The lowest BCUT2D eigenvalue weighted by Gasteiger charge is -2.21. The Morgan fingerprint density at radius 1 is 1.33 bits per heavy atom. The molecule has 4 N–H and O–H groups in total. The van der Waals surface area contributed by atoms with Gasteiger partial charge in [0.15, 0.2) is 5.75 Å². The molecule has 2 heterocycles.